The molecule has 0 spiro atoms. The minimum atomic E-state index is -0.370. The third kappa shape index (κ3) is 5.07. The van der Waals surface area contributed by atoms with E-state index in [4.69, 9.17) is 23.2 Å². The zero-order chi connectivity index (χ0) is 27.7. The van der Waals surface area contributed by atoms with E-state index in [0.29, 0.717) is 41.0 Å². The molecule has 1 aliphatic rings. The summed E-state index contributed by atoms with van der Waals surface area (Å²) >= 11 is 13.5. The van der Waals surface area contributed by atoms with Crippen LogP contribution in [0, 0.1) is 0 Å². The molecule has 0 N–H and O–H groups in total. The van der Waals surface area contributed by atoms with Crippen LogP contribution in [0.4, 0.5) is 5.82 Å². The van der Waals surface area contributed by atoms with Crippen LogP contribution in [0.3, 0.4) is 0 Å². The number of rotatable bonds is 6. The maximum absolute atomic E-state index is 13.9. The molecular formula is C31H30Cl2N4O2. The van der Waals surface area contributed by atoms with Gasteiger partial charge in [0.15, 0.2) is 0 Å². The molecule has 39 heavy (non-hydrogen) atoms. The fraction of sp³-hybridized carbons (Fsp3) is 0.258. The molecule has 3 aromatic carbocycles. The van der Waals surface area contributed by atoms with Crippen molar-refractivity contribution in [1.29, 1.82) is 0 Å². The number of para-hydroxylation sites is 1. The van der Waals surface area contributed by atoms with E-state index in [1.165, 1.54) is 6.08 Å². The molecule has 1 saturated heterocycles. The number of nitrogens with zero attached hydrogens (tertiary/aromatic N) is 4. The van der Waals surface area contributed by atoms with E-state index in [2.05, 4.69) is 23.4 Å². The van der Waals surface area contributed by atoms with Crippen molar-refractivity contribution in [2.45, 2.75) is 32.7 Å². The second-order valence-corrected chi connectivity index (χ2v) is 10.6. The van der Waals surface area contributed by atoms with Crippen LogP contribution in [0.2, 0.25) is 10.0 Å². The first-order valence-corrected chi connectivity index (χ1v) is 13.9. The molecule has 0 aliphatic carbocycles. The highest BCUT2D eigenvalue weighted by molar-refractivity contribution is 6.37. The number of amides is 1. The van der Waals surface area contributed by atoms with Crippen molar-refractivity contribution in [3.8, 4) is 16.8 Å². The van der Waals surface area contributed by atoms with Crippen LogP contribution in [-0.4, -0.2) is 46.0 Å². The molecule has 1 aliphatic heterocycles. The number of hydrogen-bond donors (Lipinski definition) is 0. The van der Waals surface area contributed by atoms with Gasteiger partial charge in [-0.25, -0.2) is 4.79 Å². The van der Waals surface area contributed by atoms with Gasteiger partial charge in [-0.2, -0.15) is 4.98 Å². The summed E-state index contributed by atoms with van der Waals surface area (Å²) in [6.07, 6.45) is 3.10. The normalized spacial score (nSPS) is 15.5. The molecule has 1 aromatic heterocycles. The van der Waals surface area contributed by atoms with Gasteiger partial charge in [-0.05, 0) is 49.2 Å². The topological polar surface area (TPSA) is 58.4 Å². The number of anilines is 1. The molecule has 200 valence electrons. The Bertz CT molecular complexity index is 1630. The third-order valence-corrected chi connectivity index (χ3v) is 7.90. The van der Waals surface area contributed by atoms with E-state index < -0.39 is 0 Å². The van der Waals surface area contributed by atoms with Crippen LogP contribution in [0.15, 0.2) is 78.1 Å². The van der Waals surface area contributed by atoms with Crippen LogP contribution >= 0.6 is 23.2 Å². The van der Waals surface area contributed by atoms with Gasteiger partial charge >= 0.3 is 5.69 Å². The Labute approximate surface area is 238 Å². The molecule has 0 unspecified atom stereocenters. The van der Waals surface area contributed by atoms with E-state index in [-0.39, 0.29) is 17.6 Å². The predicted molar refractivity (Wildman–Crippen MR) is 160 cm³/mol. The number of fused-ring (bicyclic) bond motifs is 1. The lowest BCUT2D eigenvalue weighted by Crippen LogP contribution is -2.54. The van der Waals surface area contributed by atoms with Gasteiger partial charge in [0.1, 0.15) is 5.82 Å². The number of piperazine rings is 1. The van der Waals surface area contributed by atoms with Crippen molar-refractivity contribution < 1.29 is 4.79 Å². The first-order valence-electron chi connectivity index (χ1n) is 13.1. The van der Waals surface area contributed by atoms with E-state index in [1.807, 2.05) is 67.6 Å². The molecule has 0 saturated carbocycles. The van der Waals surface area contributed by atoms with Crippen molar-refractivity contribution >= 4 is 45.8 Å². The van der Waals surface area contributed by atoms with Crippen LogP contribution in [0.25, 0.3) is 27.7 Å². The van der Waals surface area contributed by atoms with Crippen LogP contribution in [-0.2, 0) is 11.2 Å². The Morgan fingerprint density at radius 3 is 2.51 bits per heavy atom. The molecule has 1 fully saturated rings. The van der Waals surface area contributed by atoms with Gasteiger partial charge in [-0.15, -0.1) is 0 Å². The molecule has 1 amide bonds. The smallest absolute Gasteiger partial charge is 0.350 e. The fourth-order valence-electron chi connectivity index (χ4n) is 5.38. The summed E-state index contributed by atoms with van der Waals surface area (Å²) in [6.45, 7) is 9.29. The van der Waals surface area contributed by atoms with Crippen molar-refractivity contribution in [3.05, 3.63) is 99.4 Å². The van der Waals surface area contributed by atoms with Crippen molar-refractivity contribution in [1.82, 2.24) is 14.5 Å². The van der Waals surface area contributed by atoms with Gasteiger partial charge < -0.3 is 9.80 Å². The number of halogens is 2. The van der Waals surface area contributed by atoms with E-state index in [0.717, 1.165) is 40.6 Å². The highest BCUT2D eigenvalue weighted by atomic mass is 35.5. The number of carbonyl (C=O) groups excluding carboxylic acids is 1. The Morgan fingerprint density at radius 1 is 1.05 bits per heavy atom. The minimum absolute atomic E-state index is 0.0667. The SMILES string of the molecule is C=CC(=O)N1CCN(c2nc(=O)n(-c3ccccc3CCC)c3cc(-c4ccccc4Cl)c(Cl)cc23)[C@@H](C)C1. The molecule has 5 rings (SSSR count). The Hall–Kier alpha value is -3.61. The maximum atomic E-state index is 13.9. The minimum Gasteiger partial charge on any atom is -0.350 e. The molecule has 1 atom stereocenters. The zero-order valence-electron chi connectivity index (χ0n) is 22.0. The largest absolute Gasteiger partial charge is 0.354 e. The number of carbonyl (C=O) groups is 1. The Kier molecular flexibility index (Phi) is 7.78. The first kappa shape index (κ1) is 27.0. The lowest BCUT2D eigenvalue weighted by Gasteiger charge is -2.40. The molecule has 6 nitrogen and oxygen atoms in total. The summed E-state index contributed by atoms with van der Waals surface area (Å²) in [5, 5.41) is 1.85. The highest BCUT2D eigenvalue weighted by Gasteiger charge is 2.29. The number of aromatic nitrogens is 2. The van der Waals surface area contributed by atoms with Crippen LogP contribution in [0.5, 0.6) is 0 Å². The summed E-state index contributed by atoms with van der Waals surface area (Å²) < 4.78 is 1.68. The number of hydrogen-bond acceptors (Lipinski definition) is 4. The maximum Gasteiger partial charge on any atom is 0.354 e. The van der Waals surface area contributed by atoms with E-state index in [1.54, 1.807) is 9.47 Å². The van der Waals surface area contributed by atoms with Gasteiger partial charge in [0.25, 0.3) is 0 Å². The number of benzene rings is 3. The van der Waals surface area contributed by atoms with Crippen LogP contribution < -0.4 is 10.6 Å². The van der Waals surface area contributed by atoms with Gasteiger partial charge in [0.05, 0.1) is 11.2 Å². The summed E-state index contributed by atoms with van der Waals surface area (Å²) in [4.78, 5) is 34.6. The lowest BCUT2D eigenvalue weighted by atomic mass is 10.0. The monoisotopic (exact) mass is 560 g/mol. The zero-order valence-corrected chi connectivity index (χ0v) is 23.5. The fourth-order valence-corrected chi connectivity index (χ4v) is 5.88. The van der Waals surface area contributed by atoms with Crippen molar-refractivity contribution in [3.63, 3.8) is 0 Å². The Balaban J connectivity index is 1.77. The molecule has 8 heteroatoms. The Morgan fingerprint density at radius 2 is 1.79 bits per heavy atom. The second-order valence-electron chi connectivity index (χ2n) is 9.79. The predicted octanol–water partition coefficient (Wildman–Crippen LogP) is 6.54. The standard InChI is InChI=1S/C31H30Cl2N4O2/c1-4-10-21-11-6-9-14-27(21)37-28-18-23(22-12-7-8-13-25(22)32)26(33)17-24(28)30(34-31(37)39)36-16-15-35(19-20(36)3)29(38)5-2/h5-9,11-14,17-18,20H,2,4,10,15-16,19H2,1,3H3/t20-/m0/s1. The average molecular weight is 562 g/mol. The molecule has 4 aromatic rings. The van der Waals surface area contributed by atoms with Gasteiger partial charge in [-0.1, -0.05) is 79.5 Å². The summed E-state index contributed by atoms with van der Waals surface area (Å²) in [5.41, 5.74) is 3.72. The van der Waals surface area contributed by atoms with Gasteiger partial charge in [0.2, 0.25) is 5.91 Å². The summed E-state index contributed by atoms with van der Waals surface area (Å²) in [6, 6.07) is 19.2. The summed E-state index contributed by atoms with van der Waals surface area (Å²) in [5.74, 6) is 0.458. The molecule has 0 radical (unpaired) electrons. The van der Waals surface area contributed by atoms with Gasteiger partial charge in [0, 0.05) is 52.2 Å². The number of aryl methyl sites for hydroxylation is 1. The van der Waals surface area contributed by atoms with Crippen molar-refractivity contribution in [2.75, 3.05) is 24.5 Å². The average Bonchev–Trinajstić information content (AvgIpc) is 2.93. The van der Waals surface area contributed by atoms with Crippen molar-refractivity contribution in [2.24, 2.45) is 0 Å². The highest BCUT2D eigenvalue weighted by Crippen LogP contribution is 2.39. The molecule has 0 bridgehead atoms. The van der Waals surface area contributed by atoms with Crippen LogP contribution in [0.1, 0.15) is 25.8 Å². The third-order valence-electron chi connectivity index (χ3n) is 7.26. The van der Waals surface area contributed by atoms with E-state index in [9.17, 15) is 9.59 Å². The second kappa shape index (κ2) is 11.2. The summed E-state index contributed by atoms with van der Waals surface area (Å²) in [7, 11) is 0. The lowest BCUT2D eigenvalue weighted by molar-refractivity contribution is -0.126. The first-order chi connectivity index (χ1) is 18.8. The molecular weight excluding hydrogens is 531 g/mol. The van der Waals surface area contributed by atoms with Gasteiger partial charge in [-0.3, -0.25) is 9.36 Å². The quantitative estimate of drug-likeness (QED) is 0.251. The van der Waals surface area contributed by atoms with E-state index >= 15 is 0 Å². The molecule has 2 heterocycles.